The average molecular weight is 341 g/mol. The van der Waals surface area contributed by atoms with Crippen molar-refractivity contribution in [1.29, 1.82) is 0 Å². The van der Waals surface area contributed by atoms with E-state index in [0.717, 1.165) is 16.5 Å². The van der Waals surface area contributed by atoms with Gasteiger partial charge in [0.1, 0.15) is 0 Å². The number of carbonyl (C=O) groups is 2. The number of esters is 2. The molecule has 1 fully saturated rings. The van der Waals surface area contributed by atoms with E-state index in [9.17, 15) is 9.59 Å². The first kappa shape index (κ1) is 15.0. The molecule has 0 heterocycles. The summed E-state index contributed by atoms with van der Waals surface area (Å²) >= 11 is 3.40. The third-order valence-electron chi connectivity index (χ3n) is 3.43. The molecular formula is C15H17BrO4. The summed E-state index contributed by atoms with van der Waals surface area (Å²) < 4.78 is 11.6. The van der Waals surface area contributed by atoms with Crippen LogP contribution < -0.4 is 0 Å². The number of halogens is 1. The third kappa shape index (κ3) is 3.60. The molecule has 0 amide bonds. The van der Waals surface area contributed by atoms with Crippen LogP contribution in [0.1, 0.15) is 44.6 Å². The molecule has 4 nitrogen and oxygen atoms in total. The molecule has 1 saturated carbocycles. The zero-order chi connectivity index (χ0) is 14.8. The van der Waals surface area contributed by atoms with Gasteiger partial charge in [-0.1, -0.05) is 28.1 Å². The van der Waals surface area contributed by atoms with Crippen LogP contribution in [0.3, 0.4) is 0 Å². The topological polar surface area (TPSA) is 52.6 Å². The molecule has 0 spiro atoms. The number of hydrogen-bond donors (Lipinski definition) is 0. The highest BCUT2D eigenvalue weighted by molar-refractivity contribution is 9.10. The second-order valence-corrected chi connectivity index (χ2v) is 6.00. The van der Waals surface area contributed by atoms with Crippen molar-refractivity contribution in [2.45, 2.75) is 44.8 Å². The van der Waals surface area contributed by atoms with Gasteiger partial charge in [-0.25, -0.2) is 0 Å². The largest absolute Gasteiger partial charge is 0.423 e. The van der Waals surface area contributed by atoms with E-state index in [0.29, 0.717) is 12.8 Å². The van der Waals surface area contributed by atoms with Crippen LogP contribution >= 0.6 is 15.9 Å². The Morgan fingerprint density at radius 1 is 1.15 bits per heavy atom. The van der Waals surface area contributed by atoms with Gasteiger partial charge in [0.2, 0.25) is 0 Å². The van der Waals surface area contributed by atoms with E-state index < -0.39 is 17.7 Å². The molecule has 0 N–H and O–H groups in total. The van der Waals surface area contributed by atoms with Crippen LogP contribution in [0.5, 0.6) is 0 Å². The second-order valence-electron chi connectivity index (χ2n) is 5.09. The molecule has 108 valence electrons. The maximum absolute atomic E-state index is 11.3. The van der Waals surface area contributed by atoms with Gasteiger partial charge in [-0.05, 0) is 30.0 Å². The summed E-state index contributed by atoms with van der Waals surface area (Å²) in [6.45, 7) is 2.66. The zero-order valence-electron chi connectivity index (χ0n) is 11.5. The normalized spacial score (nSPS) is 20.4. The lowest BCUT2D eigenvalue weighted by atomic mass is 9.97. The minimum atomic E-state index is -1.10. The van der Waals surface area contributed by atoms with E-state index >= 15 is 0 Å². The maximum atomic E-state index is 11.3. The fourth-order valence-corrected chi connectivity index (χ4v) is 2.99. The van der Waals surface area contributed by atoms with Gasteiger partial charge in [0.25, 0.3) is 5.79 Å². The molecule has 1 aliphatic rings. The summed E-state index contributed by atoms with van der Waals surface area (Å²) in [5.74, 6) is -1.73. The lowest BCUT2D eigenvalue weighted by molar-refractivity contribution is -0.224. The summed E-state index contributed by atoms with van der Waals surface area (Å²) in [5, 5.41) is 0. The van der Waals surface area contributed by atoms with Crippen molar-refractivity contribution in [3.05, 3.63) is 34.3 Å². The number of benzene rings is 1. The molecule has 1 atom stereocenters. The number of ether oxygens (including phenoxy) is 2. The molecule has 1 aromatic carbocycles. The monoisotopic (exact) mass is 340 g/mol. The average Bonchev–Trinajstić information content (AvgIpc) is 2.72. The first-order valence-electron chi connectivity index (χ1n) is 6.55. The van der Waals surface area contributed by atoms with Gasteiger partial charge in [-0.3, -0.25) is 9.59 Å². The predicted molar refractivity (Wildman–Crippen MR) is 77.0 cm³/mol. The summed E-state index contributed by atoms with van der Waals surface area (Å²) in [5.41, 5.74) is 1.16. The third-order valence-corrected chi connectivity index (χ3v) is 3.96. The molecular weight excluding hydrogens is 324 g/mol. The standard InChI is InChI=1S/C15H17BrO4/c1-10(17)19-15(20-11(2)18)8-7-13(9-15)12-3-5-14(16)6-4-12/h3-6,13H,7-9H2,1-2H3/t13-/m0/s1. The molecule has 0 bridgehead atoms. The van der Waals surface area contributed by atoms with Gasteiger partial charge in [0.05, 0.1) is 0 Å². The smallest absolute Gasteiger partial charge is 0.305 e. The first-order chi connectivity index (χ1) is 9.40. The van der Waals surface area contributed by atoms with Gasteiger partial charge in [0, 0.05) is 31.2 Å². The Morgan fingerprint density at radius 3 is 2.20 bits per heavy atom. The van der Waals surface area contributed by atoms with Crippen molar-refractivity contribution in [3.63, 3.8) is 0 Å². The Hall–Kier alpha value is -1.36. The number of carbonyl (C=O) groups excluding carboxylic acids is 2. The number of hydrogen-bond acceptors (Lipinski definition) is 4. The minimum absolute atomic E-state index is 0.224. The van der Waals surface area contributed by atoms with E-state index in [2.05, 4.69) is 15.9 Å². The fraction of sp³-hybridized carbons (Fsp3) is 0.467. The van der Waals surface area contributed by atoms with Crippen molar-refractivity contribution in [1.82, 2.24) is 0 Å². The predicted octanol–water partition coefficient (Wildman–Crippen LogP) is 3.54. The van der Waals surface area contributed by atoms with Crippen LogP contribution in [-0.2, 0) is 19.1 Å². The van der Waals surface area contributed by atoms with Gasteiger partial charge in [-0.15, -0.1) is 0 Å². The van der Waals surface area contributed by atoms with Crippen LogP contribution in [0.25, 0.3) is 0 Å². The van der Waals surface area contributed by atoms with Crippen LogP contribution in [0.2, 0.25) is 0 Å². The van der Waals surface area contributed by atoms with Crippen LogP contribution in [0, 0.1) is 0 Å². The Balaban J connectivity index is 2.15. The van der Waals surface area contributed by atoms with Crippen LogP contribution in [-0.4, -0.2) is 17.7 Å². The van der Waals surface area contributed by atoms with E-state index in [1.807, 2.05) is 24.3 Å². The van der Waals surface area contributed by atoms with E-state index in [4.69, 9.17) is 9.47 Å². The van der Waals surface area contributed by atoms with Gasteiger partial charge >= 0.3 is 11.9 Å². The molecule has 0 saturated heterocycles. The summed E-state index contributed by atoms with van der Waals surface area (Å²) in [6.07, 6.45) is 1.86. The molecule has 0 aromatic heterocycles. The Morgan fingerprint density at radius 2 is 1.70 bits per heavy atom. The van der Waals surface area contributed by atoms with E-state index in [1.54, 1.807) is 0 Å². The van der Waals surface area contributed by atoms with Crippen LogP contribution in [0.15, 0.2) is 28.7 Å². The van der Waals surface area contributed by atoms with Crippen molar-refractivity contribution in [3.8, 4) is 0 Å². The van der Waals surface area contributed by atoms with Gasteiger partial charge in [-0.2, -0.15) is 0 Å². The molecule has 0 unspecified atom stereocenters. The minimum Gasteiger partial charge on any atom is -0.423 e. The number of rotatable bonds is 3. The highest BCUT2D eigenvalue weighted by Gasteiger charge is 2.45. The molecule has 20 heavy (non-hydrogen) atoms. The maximum Gasteiger partial charge on any atom is 0.305 e. The van der Waals surface area contributed by atoms with Crippen molar-refractivity contribution in [2.24, 2.45) is 0 Å². The fourth-order valence-electron chi connectivity index (χ4n) is 2.72. The summed E-state index contributed by atoms with van der Waals surface area (Å²) in [4.78, 5) is 22.5. The van der Waals surface area contributed by atoms with Gasteiger partial charge in [0.15, 0.2) is 0 Å². The zero-order valence-corrected chi connectivity index (χ0v) is 13.1. The van der Waals surface area contributed by atoms with E-state index in [1.165, 1.54) is 13.8 Å². The van der Waals surface area contributed by atoms with Crippen molar-refractivity contribution < 1.29 is 19.1 Å². The highest BCUT2D eigenvalue weighted by Crippen LogP contribution is 2.44. The molecule has 1 aliphatic carbocycles. The quantitative estimate of drug-likeness (QED) is 0.623. The molecule has 2 rings (SSSR count). The first-order valence-corrected chi connectivity index (χ1v) is 7.34. The summed E-state index contributed by atoms with van der Waals surface area (Å²) in [7, 11) is 0. The van der Waals surface area contributed by atoms with Gasteiger partial charge < -0.3 is 9.47 Å². The Kier molecular flexibility index (Phi) is 4.48. The molecule has 5 heteroatoms. The van der Waals surface area contributed by atoms with Crippen molar-refractivity contribution in [2.75, 3.05) is 0 Å². The molecule has 0 aliphatic heterocycles. The molecule has 1 aromatic rings. The molecule has 0 radical (unpaired) electrons. The SMILES string of the molecule is CC(=O)OC1(OC(C)=O)CC[C@H](c2ccc(Br)cc2)C1. The lowest BCUT2D eigenvalue weighted by Crippen LogP contribution is -2.36. The van der Waals surface area contributed by atoms with E-state index in [-0.39, 0.29) is 5.92 Å². The lowest BCUT2D eigenvalue weighted by Gasteiger charge is -2.28. The second kappa shape index (κ2) is 5.95. The summed E-state index contributed by atoms with van der Waals surface area (Å²) in [6, 6.07) is 8.03. The van der Waals surface area contributed by atoms with Crippen molar-refractivity contribution >= 4 is 27.9 Å². The van der Waals surface area contributed by atoms with Crippen LogP contribution in [0.4, 0.5) is 0 Å². The Labute approximate surface area is 126 Å². The Bertz CT molecular complexity index is 493. The highest BCUT2D eigenvalue weighted by atomic mass is 79.9.